The van der Waals surface area contributed by atoms with E-state index >= 15 is 0 Å². The Balaban J connectivity index is 0.994. The van der Waals surface area contributed by atoms with E-state index in [0.29, 0.717) is 0 Å². The van der Waals surface area contributed by atoms with E-state index in [1.54, 1.807) is 0 Å². The summed E-state index contributed by atoms with van der Waals surface area (Å²) in [6.45, 7) is 0. The van der Waals surface area contributed by atoms with Gasteiger partial charge < -0.3 is 4.40 Å². The molecule has 7 aromatic carbocycles. The molecule has 0 atom stereocenters. The molecule has 3 aromatic heterocycles. The summed E-state index contributed by atoms with van der Waals surface area (Å²) in [5, 5.41) is 2.24. The molecule has 0 saturated heterocycles. The SMILES string of the molecule is c1ccc(-c2ccc(-c3nc(-c4ccc(-c5ccc(-c6nc7ccccc7n7c6cc6ccccc67)cc5)cc4)c4ccccc4n3)cc2)cc1. The molecule has 0 fully saturated rings. The normalized spacial score (nSPS) is 11.5. The number of hydrogen-bond acceptors (Lipinski definition) is 3. The second kappa shape index (κ2) is 11.9. The summed E-state index contributed by atoms with van der Waals surface area (Å²) in [4.78, 5) is 15.3. The van der Waals surface area contributed by atoms with Gasteiger partial charge in [-0.25, -0.2) is 15.0 Å². The van der Waals surface area contributed by atoms with Gasteiger partial charge in [-0.1, -0.05) is 152 Å². The largest absolute Gasteiger partial charge is 0.306 e. The van der Waals surface area contributed by atoms with Crippen molar-refractivity contribution in [1.82, 2.24) is 19.4 Å². The van der Waals surface area contributed by atoms with Gasteiger partial charge in [-0.05, 0) is 52.6 Å². The number of benzene rings is 7. The van der Waals surface area contributed by atoms with E-state index in [2.05, 4.69) is 168 Å². The average molecular weight is 651 g/mol. The molecule has 3 heterocycles. The molecule has 0 aliphatic rings. The highest BCUT2D eigenvalue weighted by molar-refractivity contribution is 5.99. The first-order valence-electron chi connectivity index (χ1n) is 17.2. The predicted octanol–water partition coefficient (Wildman–Crippen LogP) is 11.9. The van der Waals surface area contributed by atoms with Crippen LogP contribution in [0.2, 0.25) is 0 Å². The summed E-state index contributed by atoms with van der Waals surface area (Å²) < 4.78 is 2.33. The Kier molecular flexibility index (Phi) is 6.78. The Bertz CT molecular complexity index is 2870. The Morgan fingerprint density at radius 3 is 1.53 bits per heavy atom. The first kappa shape index (κ1) is 29.0. The van der Waals surface area contributed by atoms with Gasteiger partial charge in [0.05, 0.1) is 39.0 Å². The molecule has 4 heteroatoms. The fourth-order valence-corrected chi connectivity index (χ4v) is 7.24. The van der Waals surface area contributed by atoms with E-state index in [4.69, 9.17) is 15.0 Å². The third kappa shape index (κ3) is 5.04. The Morgan fingerprint density at radius 2 is 0.824 bits per heavy atom. The molecule has 0 amide bonds. The molecule has 0 unspecified atom stereocenters. The van der Waals surface area contributed by atoms with Crippen molar-refractivity contribution in [2.45, 2.75) is 0 Å². The summed E-state index contributed by atoms with van der Waals surface area (Å²) >= 11 is 0. The fourth-order valence-electron chi connectivity index (χ4n) is 7.24. The third-order valence-corrected chi connectivity index (χ3v) is 9.81. The summed E-state index contributed by atoms with van der Waals surface area (Å²) in [5.41, 5.74) is 15.0. The lowest BCUT2D eigenvalue weighted by molar-refractivity contribution is 1.23. The van der Waals surface area contributed by atoms with Gasteiger partial charge >= 0.3 is 0 Å². The van der Waals surface area contributed by atoms with Crippen LogP contribution in [0.25, 0.3) is 94.5 Å². The van der Waals surface area contributed by atoms with E-state index in [9.17, 15) is 0 Å². The fraction of sp³-hybridized carbons (Fsp3) is 0. The van der Waals surface area contributed by atoms with E-state index < -0.39 is 0 Å². The van der Waals surface area contributed by atoms with Crippen molar-refractivity contribution in [1.29, 1.82) is 0 Å². The van der Waals surface area contributed by atoms with Crippen LogP contribution in [0.15, 0.2) is 182 Å². The highest BCUT2D eigenvalue weighted by atomic mass is 14.9. The molecule has 0 aliphatic heterocycles. The van der Waals surface area contributed by atoms with Crippen molar-refractivity contribution < 1.29 is 0 Å². The zero-order chi connectivity index (χ0) is 33.7. The van der Waals surface area contributed by atoms with Gasteiger partial charge in [-0.3, -0.25) is 0 Å². The first-order chi connectivity index (χ1) is 25.3. The molecule has 0 radical (unpaired) electrons. The van der Waals surface area contributed by atoms with E-state index in [0.717, 1.165) is 72.5 Å². The zero-order valence-corrected chi connectivity index (χ0v) is 27.6. The number of rotatable bonds is 5. The first-order valence-corrected chi connectivity index (χ1v) is 17.2. The molecular weight excluding hydrogens is 621 g/mol. The van der Waals surface area contributed by atoms with Crippen molar-refractivity contribution in [2.75, 3.05) is 0 Å². The van der Waals surface area contributed by atoms with Crippen molar-refractivity contribution >= 4 is 38.4 Å². The zero-order valence-electron chi connectivity index (χ0n) is 27.6. The predicted molar refractivity (Wildman–Crippen MR) is 210 cm³/mol. The third-order valence-electron chi connectivity index (χ3n) is 9.81. The molecule has 238 valence electrons. The van der Waals surface area contributed by atoms with E-state index in [-0.39, 0.29) is 0 Å². The number of aromatic nitrogens is 4. The molecule has 0 aliphatic carbocycles. The van der Waals surface area contributed by atoms with Crippen LogP contribution in [0.5, 0.6) is 0 Å². The highest BCUT2D eigenvalue weighted by Crippen LogP contribution is 2.35. The number of fused-ring (bicyclic) bond motifs is 6. The lowest BCUT2D eigenvalue weighted by atomic mass is 9.99. The van der Waals surface area contributed by atoms with Crippen LogP contribution in [-0.2, 0) is 0 Å². The van der Waals surface area contributed by atoms with Gasteiger partial charge in [-0.15, -0.1) is 0 Å². The van der Waals surface area contributed by atoms with Crippen molar-refractivity contribution in [3.63, 3.8) is 0 Å². The highest BCUT2D eigenvalue weighted by Gasteiger charge is 2.15. The quantitative estimate of drug-likeness (QED) is 0.186. The minimum Gasteiger partial charge on any atom is -0.306 e. The molecule has 0 N–H and O–H groups in total. The standard InChI is InChI=1S/C47H30N4/c1-2-10-31(11-3-1)32-22-28-37(29-23-32)47-49-40-14-6-5-13-39(40)45(50-47)35-24-18-33(19-25-35)34-20-26-36(27-21-34)46-44-30-38-12-4-8-16-42(38)51(44)43-17-9-7-15-41(43)48-46/h1-30H. The molecular formula is C47H30N4. The maximum Gasteiger partial charge on any atom is 0.160 e. The van der Waals surface area contributed by atoms with Gasteiger partial charge in [0, 0.05) is 27.5 Å². The summed E-state index contributed by atoms with van der Waals surface area (Å²) in [5.74, 6) is 0.718. The minimum atomic E-state index is 0.718. The van der Waals surface area contributed by atoms with Crippen LogP contribution < -0.4 is 0 Å². The van der Waals surface area contributed by atoms with Crippen LogP contribution in [-0.4, -0.2) is 19.4 Å². The molecule has 4 nitrogen and oxygen atoms in total. The molecule has 10 aromatic rings. The van der Waals surface area contributed by atoms with Crippen molar-refractivity contribution in [3.05, 3.63) is 182 Å². The summed E-state index contributed by atoms with van der Waals surface area (Å²) in [7, 11) is 0. The van der Waals surface area contributed by atoms with E-state index in [1.807, 2.05) is 18.2 Å². The maximum absolute atomic E-state index is 5.16. The Labute approximate surface area is 295 Å². The van der Waals surface area contributed by atoms with Crippen molar-refractivity contribution in [2.24, 2.45) is 0 Å². The van der Waals surface area contributed by atoms with Crippen LogP contribution in [0.1, 0.15) is 0 Å². The topological polar surface area (TPSA) is 43.1 Å². The number of para-hydroxylation sites is 4. The van der Waals surface area contributed by atoms with Crippen LogP contribution in [0.4, 0.5) is 0 Å². The van der Waals surface area contributed by atoms with Crippen molar-refractivity contribution in [3.8, 4) is 56.2 Å². The van der Waals surface area contributed by atoms with Crippen LogP contribution in [0.3, 0.4) is 0 Å². The molecule has 0 spiro atoms. The number of hydrogen-bond donors (Lipinski definition) is 0. The Hall–Kier alpha value is -6.91. The van der Waals surface area contributed by atoms with Crippen LogP contribution in [0, 0.1) is 0 Å². The van der Waals surface area contributed by atoms with Gasteiger partial charge in [0.1, 0.15) is 0 Å². The lowest BCUT2D eigenvalue weighted by Gasteiger charge is -2.11. The lowest BCUT2D eigenvalue weighted by Crippen LogP contribution is -1.95. The second-order valence-corrected chi connectivity index (χ2v) is 12.9. The monoisotopic (exact) mass is 650 g/mol. The van der Waals surface area contributed by atoms with Gasteiger partial charge in [0.25, 0.3) is 0 Å². The van der Waals surface area contributed by atoms with E-state index in [1.165, 1.54) is 22.0 Å². The van der Waals surface area contributed by atoms with Crippen LogP contribution >= 0.6 is 0 Å². The average Bonchev–Trinajstić information content (AvgIpc) is 3.61. The smallest absolute Gasteiger partial charge is 0.160 e. The molecule has 51 heavy (non-hydrogen) atoms. The second-order valence-electron chi connectivity index (χ2n) is 12.9. The molecule has 0 saturated carbocycles. The molecule has 10 rings (SSSR count). The Morgan fingerprint density at radius 1 is 0.314 bits per heavy atom. The maximum atomic E-state index is 5.16. The van der Waals surface area contributed by atoms with Gasteiger partial charge in [0.15, 0.2) is 5.82 Å². The van der Waals surface area contributed by atoms with Gasteiger partial charge in [-0.2, -0.15) is 0 Å². The minimum absolute atomic E-state index is 0.718. The molecule has 0 bridgehead atoms. The van der Waals surface area contributed by atoms with Gasteiger partial charge in [0.2, 0.25) is 0 Å². The summed E-state index contributed by atoms with van der Waals surface area (Å²) in [6.07, 6.45) is 0. The summed E-state index contributed by atoms with van der Waals surface area (Å²) in [6, 6.07) is 63.8. The number of nitrogens with zero attached hydrogens (tertiary/aromatic N) is 4.